The first-order chi connectivity index (χ1) is 11.4. The molecule has 2 bridgehead atoms. The van der Waals surface area contributed by atoms with Crippen LogP contribution in [-0.4, -0.2) is 22.7 Å². The van der Waals surface area contributed by atoms with E-state index in [1.165, 1.54) is 12.8 Å². The normalized spacial score (nSPS) is 29.7. The summed E-state index contributed by atoms with van der Waals surface area (Å²) in [5.74, 6) is 2.00. The average Bonchev–Trinajstić information content (AvgIpc) is 2.61. The fourth-order valence-electron chi connectivity index (χ4n) is 3.55. The van der Waals surface area contributed by atoms with E-state index < -0.39 is 0 Å². The van der Waals surface area contributed by atoms with Crippen molar-refractivity contribution in [2.75, 3.05) is 0 Å². The van der Waals surface area contributed by atoms with Gasteiger partial charge in [-0.3, -0.25) is 0 Å². The van der Waals surface area contributed by atoms with E-state index in [0.717, 1.165) is 24.3 Å². The summed E-state index contributed by atoms with van der Waals surface area (Å²) in [5, 5.41) is 1.20. The average molecular weight is 326 g/mol. The zero-order valence-electron chi connectivity index (χ0n) is 13.1. The largest absolute Gasteiger partial charge is 0.489 e. The molecule has 2 aliphatic heterocycles. The lowest BCUT2D eigenvalue weighted by atomic mass is 9.94. The van der Waals surface area contributed by atoms with Crippen molar-refractivity contribution in [3.8, 4) is 11.5 Å². The number of fused-ring (bicyclic) bond motifs is 2. The smallest absolute Gasteiger partial charge is 0.119 e. The van der Waals surface area contributed by atoms with Crippen molar-refractivity contribution in [3.05, 3.63) is 60.7 Å². The lowest BCUT2D eigenvalue weighted by Gasteiger charge is -2.43. The summed E-state index contributed by atoms with van der Waals surface area (Å²) in [6.07, 6.45) is 5.30. The molecule has 3 heteroatoms. The number of hydrogen-bond acceptors (Lipinski definition) is 3. The maximum absolute atomic E-state index is 6.23. The van der Waals surface area contributed by atoms with Crippen LogP contribution < -0.4 is 9.47 Å². The maximum atomic E-state index is 6.23. The highest BCUT2D eigenvalue weighted by Gasteiger charge is 2.41. The Balaban J connectivity index is 1.37. The van der Waals surface area contributed by atoms with E-state index in [2.05, 4.69) is 36.0 Å². The van der Waals surface area contributed by atoms with Gasteiger partial charge < -0.3 is 9.47 Å². The van der Waals surface area contributed by atoms with Crippen molar-refractivity contribution in [2.45, 2.75) is 48.4 Å². The molecule has 2 aromatic carbocycles. The highest BCUT2D eigenvalue weighted by atomic mass is 32.2. The van der Waals surface area contributed by atoms with E-state index in [1.54, 1.807) is 0 Å². The zero-order chi connectivity index (χ0) is 15.5. The third-order valence-electron chi connectivity index (χ3n) is 4.71. The first kappa shape index (κ1) is 14.9. The van der Waals surface area contributed by atoms with Gasteiger partial charge in [-0.1, -0.05) is 36.4 Å². The van der Waals surface area contributed by atoms with E-state index in [9.17, 15) is 0 Å². The second kappa shape index (κ2) is 6.88. The molecule has 0 saturated carbocycles. The van der Waals surface area contributed by atoms with Crippen molar-refractivity contribution in [3.63, 3.8) is 0 Å². The molecule has 0 spiro atoms. The van der Waals surface area contributed by atoms with Crippen LogP contribution in [-0.2, 0) is 0 Å². The molecule has 120 valence electrons. The van der Waals surface area contributed by atoms with Crippen LogP contribution in [0.5, 0.6) is 11.5 Å². The molecule has 2 fully saturated rings. The zero-order valence-corrected chi connectivity index (χ0v) is 14.0. The SMILES string of the molecule is c1ccc(OC2CCC3SC2CCC3Oc2ccccc2)cc1. The van der Waals surface area contributed by atoms with Gasteiger partial charge in [0.2, 0.25) is 0 Å². The minimum atomic E-state index is 0.344. The molecule has 4 rings (SSSR count). The first-order valence-electron chi connectivity index (χ1n) is 8.47. The third-order valence-corrected chi connectivity index (χ3v) is 6.49. The van der Waals surface area contributed by atoms with Crippen molar-refractivity contribution >= 4 is 11.8 Å². The Morgan fingerprint density at radius 1 is 0.609 bits per heavy atom. The van der Waals surface area contributed by atoms with Crippen molar-refractivity contribution in [1.82, 2.24) is 0 Å². The van der Waals surface area contributed by atoms with Crippen LogP contribution in [0.4, 0.5) is 0 Å². The van der Waals surface area contributed by atoms with Gasteiger partial charge in [0.05, 0.1) is 0 Å². The molecular weight excluding hydrogens is 304 g/mol. The van der Waals surface area contributed by atoms with E-state index >= 15 is 0 Å². The highest BCUT2D eigenvalue weighted by Crippen LogP contribution is 2.44. The third kappa shape index (κ3) is 3.50. The molecule has 0 aromatic heterocycles. The maximum Gasteiger partial charge on any atom is 0.119 e. The fraction of sp³-hybridized carbons (Fsp3) is 0.400. The van der Waals surface area contributed by atoms with Gasteiger partial charge in [-0.15, -0.1) is 11.8 Å². The Morgan fingerprint density at radius 3 is 1.48 bits per heavy atom. The molecule has 0 amide bonds. The summed E-state index contributed by atoms with van der Waals surface area (Å²) < 4.78 is 12.5. The quantitative estimate of drug-likeness (QED) is 0.793. The minimum Gasteiger partial charge on any atom is -0.489 e. The predicted octanol–water partition coefficient (Wildman–Crippen LogP) is 4.94. The van der Waals surface area contributed by atoms with Crippen molar-refractivity contribution in [2.24, 2.45) is 0 Å². The summed E-state index contributed by atoms with van der Waals surface area (Å²) in [6.45, 7) is 0. The minimum absolute atomic E-state index is 0.344. The van der Waals surface area contributed by atoms with Crippen LogP contribution in [0.15, 0.2) is 60.7 Å². The molecular formula is C20H22O2S. The van der Waals surface area contributed by atoms with E-state index in [4.69, 9.17) is 9.47 Å². The van der Waals surface area contributed by atoms with Crippen molar-refractivity contribution < 1.29 is 9.47 Å². The van der Waals surface area contributed by atoms with Gasteiger partial charge in [0.25, 0.3) is 0 Å². The molecule has 2 aromatic rings. The Labute approximate surface area is 142 Å². The number of benzene rings is 2. The lowest BCUT2D eigenvalue weighted by Crippen LogP contribution is -2.46. The standard InChI is InChI=1S/C20H22O2S/c1-3-7-15(8-4-1)21-17-11-13-20-18(12-14-19(17)23-20)22-16-9-5-2-6-10-16/h1-10,17-20H,11-14H2. The summed E-state index contributed by atoms with van der Waals surface area (Å²) >= 11 is 2.08. The van der Waals surface area contributed by atoms with Crippen LogP contribution in [0.25, 0.3) is 0 Å². The number of hydrogen-bond donors (Lipinski definition) is 0. The van der Waals surface area contributed by atoms with Crippen LogP contribution >= 0.6 is 11.8 Å². The van der Waals surface area contributed by atoms with Crippen LogP contribution in [0.1, 0.15) is 25.7 Å². The molecule has 2 nitrogen and oxygen atoms in total. The number of ether oxygens (including phenoxy) is 2. The molecule has 23 heavy (non-hydrogen) atoms. The summed E-state index contributed by atoms with van der Waals surface area (Å²) in [6, 6.07) is 20.5. The van der Waals surface area contributed by atoms with E-state index in [0.29, 0.717) is 22.7 Å². The van der Waals surface area contributed by atoms with Gasteiger partial charge in [-0.2, -0.15) is 0 Å². The van der Waals surface area contributed by atoms with Gasteiger partial charge in [0.15, 0.2) is 0 Å². The van der Waals surface area contributed by atoms with Gasteiger partial charge in [-0.05, 0) is 49.9 Å². The molecule has 0 radical (unpaired) electrons. The van der Waals surface area contributed by atoms with Gasteiger partial charge in [0, 0.05) is 10.5 Å². The van der Waals surface area contributed by atoms with E-state index in [1.807, 2.05) is 36.4 Å². The summed E-state index contributed by atoms with van der Waals surface area (Å²) in [4.78, 5) is 0. The molecule has 4 atom stereocenters. The summed E-state index contributed by atoms with van der Waals surface area (Å²) in [7, 11) is 0. The number of rotatable bonds is 4. The van der Waals surface area contributed by atoms with Crippen LogP contribution in [0, 0.1) is 0 Å². The van der Waals surface area contributed by atoms with Gasteiger partial charge in [-0.25, -0.2) is 0 Å². The lowest BCUT2D eigenvalue weighted by molar-refractivity contribution is 0.116. The second-order valence-corrected chi connectivity index (χ2v) is 7.79. The van der Waals surface area contributed by atoms with Crippen LogP contribution in [0.3, 0.4) is 0 Å². The molecule has 0 aliphatic carbocycles. The molecule has 2 saturated heterocycles. The monoisotopic (exact) mass is 326 g/mol. The van der Waals surface area contributed by atoms with Gasteiger partial charge >= 0.3 is 0 Å². The summed E-state index contributed by atoms with van der Waals surface area (Å²) in [5.41, 5.74) is 0. The number of para-hydroxylation sites is 2. The fourth-order valence-corrected chi connectivity index (χ4v) is 5.28. The Bertz CT molecular complexity index is 561. The van der Waals surface area contributed by atoms with Crippen molar-refractivity contribution in [1.29, 1.82) is 0 Å². The molecule has 2 aliphatic rings. The molecule has 2 heterocycles. The second-order valence-electron chi connectivity index (χ2n) is 6.31. The highest BCUT2D eigenvalue weighted by molar-refractivity contribution is 8.00. The first-order valence-corrected chi connectivity index (χ1v) is 9.41. The van der Waals surface area contributed by atoms with Gasteiger partial charge in [0.1, 0.15) is 23.7 Å². The number of thioether (sulfide) groups is 1. The van der Waals surface area contributed by atoms with E-state index in [-0.39, 0.29) is 0 Å². The predicted molar refractivity (Wildman–Crippen MR) is 95.4 cm³/mol. The molecule has 0 N–H and O–H groups in total. The Hall–Kier alpha value is -1.61. The molecule has 4 unspecified atom stereocenters. The Morgan fingerprint density at radius 2 is 1.04 bits per heavy atom. The Kier molecular flexibility index (Phi) is 4.47. The topological polar surface area (TPSA) is 18.5 Å². The van der Waals surface area contributed by atoms with Crippen LogP contribution in [0.2, 0.25) is 0 Å².